The van der Waals surface area contributed by atoms with E-state index < -0.39 is 0 Å². The third kappa shape index (κ3) is 2.55. The molecule has 0 aliphatic heterocycles. The van der Waals surface area contributed by atoms with Crippen molar-refractivity contribution in [1.29, 1.82) is 0 Å². The monoisotopic (exact) mass is 315 g/mol. The van der Waals surface area contributed by atoms with Gasteiger partial charge >= 0.3 is 0 Å². The minimum atomic E-state index is -0.272. The first-order valence-electron chi connectivity index (χ1n) is 6.80. The van der Waals surface area contributed by atoms with Gasteiger partial charge in [-0.3, -0.25) is 14.2 Å². The molecule has 0 aliphatic carbocycles. The zero-order chi connectivity index (χ0) is 15.9. The Morgan fingerprint density at radius 3 is 2.77 bits per heavy atom. The minimum absolute atomic E-state index is 0.0492. The van der Waals surface area contributed by atoms with Crippen molar-refractivity contribution in [2.75, 3.05) is 0 Å². The second-order valence-corrected chi connectivity index (χ2v) is 5.69. The average molecular weight is 316 g/mol. The topological polar surface area (TPSA) is 67.8 Å². The van der Waals surface area contributed by atoms with Gasteiger partial charge in [-0.05, 0) is 38.1 Å². The maximum absolute atomic E-state index is 12.4. The van der Waals surface area contributed by atoms with Crippen molar-refractivity contribution < 1.29 is 4.79 Å². The van der Waals surface area contributed by atoms with Crippen LogP contribution in [0.5, 0.6) is 0 Å². The van der Waals surface area contributed by atoms with Crippen LogP contribution in [-0.4, -0.2) is 20.3 Å². The number of fused-ring (bicyclic) bond motifs is 1. The van der Waals surface area contributed by atoms with E-state index in [1.54, 1.807) is 24.3 Å². The number of hydrogen-bond donors (Lipinski definition) is 1. The third-order valence-corrected chi connectivity index (χ3v) is 3.79. The van der Waals surface area contributed by atoms with Gasteiger partial charge in [0.05, 0.1) is 23.8 Å². The van der Waals surface area contributed by atoms with Crippen LogP contribution in [-0.2, 0) is 6.54 Å². The quantitative estimate of drug-likeness (QED) is 0.756. The summed E-state index contributed by atoms with van der Waals surface area (Å²) in [6.45, 7) is 3.67. The highest BCUT2D eigenvalue weighted by Gasteiger charge is 2.14. The van der Waals surface area contributed by atoms with Crippen LogP contribution in [0.1, 0.15) is 21.7 Å². The molecule has 1 aromatic carbocycles. The summed E-state index contributed by atoms with van der Waals surface area (Å²) >= 11 is 5.92. The Morgan fingerprint density at radius 2 is 2.09 bits per heavy atom. The number of ketones is 1. The first-order valence-corrected chi connectivity index (χ1v) is 7.17. The van der Waals surface area contributed by atoms with Crippen LogP contribution < -0.4 is 5.56 Å². The number of carbonyl (C=O) groups is 1. The molecule has 112 valence electrons. The van der Waals surface area contributed by atoms with E-state index in [9.17, 15) is 9.59 Å². The molecule has 6 heteroatoms. The lowest BCUT2D eigenvalue weighted by Gasteiger charge is -2.06. The fourth-order valence-electron chi connectivity index (χ4n) is 2.50. The van der Waals surface area contributed by atoms with Crippen molar-refractivity contribution >= 4 is 28.3 Å². The Hall–Kier alpha value is -2.40. The Labute approximate surface area is 131 Å². The first kappa shape index (κ1) is 14.5. The lowest BCUT2D eigenvalue weighted by Crippen LogP contribution is -2.24. The minimum Gasteiger partial charge on any atom is -0.362 e. The summed E-state index contributed by atoms with van der Waals surface area (Å²) in [5.74, 6) is -0.132. The molecular weight excluding hydrogens is 302 g/mol. The summed E-state index contributed by atoms with van der Waals surface area (Å²) in [6, 6.07) is 6.72. The van der Waals surface area contributed by atoms with Gasteiger partial charge in [0, 0.05) is 22.0 Å². The SMILES string of the molecule is Cc1cc(C(=O)Cn2cnc3ccc(Cl)cc3c2=O)c(C)[nH]1. The Bertz CT molecular complexity index is 940. The lowest BCUT2D eigenvalue weighted by molar-refractivity contribution is 0.0970. The number of Topliss-reactive ketones (excluding diaryl/α,β-unsaturated/α-hetero) is 1. The van der Waals surface area contributed by atoms with E-state index in [0.717, 1.165) is 11.4 Å². The van der Waals surface area contributed by atoms with Crippen LogP contribution in [0.4, 0.5) is 0 Å². The van der Waals surface area contributed by atoms with Crippen LogP contribution in [0.3, 0.4) is 0 Å². The number of H-pyrrole nitrogens is 1. The molecular formula is C16H14ClN3O2. The van der Waals surface area contributed by atoms with E-state index in [4.69, 9.17) is 11.6 Å². The van der Waals surface area contributed by atoms with Crippen molar-refractivity contribution in [1.82, 2.24) is 14.5 Å². The molecule has 2 aromatic heterocycles. The number of benzene rings is 1. The molecule has 0 bridgehead atoms. The second kappa shape index (κ2) is 5.42. The fourth-order valence-corrected chi connectivity index (χ4v) is 2.67. The number of aromatic nitrogens is 3. The maximum Gasteiger partial charge on any atom is 0.261 e. The highest BCUT2D eigenvalue weighted by atomic mass is 35.5. The number of aryl methyl sites for hydroxylation is 2. The molecule has 2 heterocycles. The van der Waals surface area contributed by atoms with Crippen LogP contribution in [0, 0.1) is 13.8 Å². The molecule has 0 saturated carbocycles. The number of carbonyl (C=O) groups excluding carboxylic acids is 1. The highest BCUT2D eigenvalue weighted by Crippen LogP contribution is 2.15. The number of hydrogen-bond acceptors (Lipinski definition) is 3. The van der Waals surface area contributed by atoms with Gasteiger partial charge < -0.3 is 4.98 Å². The summed E-state index contributed by atoms with van der Waals surface area (Å²) in [5, 5.41) is 0.873. The normalized spacial score (nSPS) is 11.0. The molecule has 0 unspecified atom stereocenters. The van der Waals surface area contributed by atoms with Crippen molar-refractivity contribution in [2.24, 2.45) is 0 Å². The molecule has 3 aromatic rings. The summed E-state index contributed by atoms with van der Waals surface area (Å²) < 4.78 is 1.31. The Balaban J connectivity index is 2.01. The number of nitrogens with one attached hydrogen (secondary N) is 1. The highest BCUT2D eigenvalue weighted by molar-refractivity contribution is 6.31. The zero-order valence-electron chi connectivity index (χ0n) is 12.2. The molecule has 0 spiro atoms. The summed E-state index contributed by atoms with van der Waals surface area (Å²) in [6.07, 6.45) is 1.39. The van der Waals surface area contributed by atoms with Crippen LogP contribution in [0.25, 0.3) is 10.9 Å². The van der Waals surface area contributed by atoms with Gasteiger partial charge in [0.2, 0.25) is 0 Å². The molecule has 3 rings (SSSR count). The fraction of sp³-hybridized carbons (Fsp3) is 0.188. The number of nitrogens with zero attached hydrogens (tertiary/aromatic N) is 2. The van der Waals surface area contributed by atoms with Crippen LogP contribution >= 0.6 is 11.6 Å². The van der Waals surface area contributed by atoms with Gasteiger partial charge in [-0.1, -0.05) is 11.6 Å². The predicted octanol–water partition coefficient (Wildman–Crippen LogP) is 2.88. The van der Waals surface area contributed by atoms with Crippen LogP contribution in [0.2, 0.25) is 5.02 Å². The molecule has 0 fully saturated rings. The first-order chi connectivity index (χ1) is 10.5. The van der Waals surface area contributed by atoms with E-state index in [2.05, 4.69) is 9.97 Å². The molecule has 0 amide bonds. The molecule has 1 N–H and O–H groups in total. The van der Waals surface area contributed by atoms with E-state index in [1.807, 2.05) is 13.8 Å². The van der Waals surface area contributed by atoms with Crippen molar-refractivity contribution in [3.8, 4) is 0 Å². The molecule has 0 radical (unpaired) electrons. The number of aromatic amines is 1. The molecule has 0 saturated heterocycles. The van der Waals surface area contributed by atoms with Crippen molar-refractivity contribution in [3.63, 3.8) is 0 Å². The van der Waals surface area contributed by atoms with E-state index in [-0.39, 0.29) is 17.9 Å². The smallest absolute Gasteiger partial charge is 0.261 e. The molecule has 5 nitrogen and oxygen atoms in total. The van der Waals surface area contributed by atoms with Gasteiger partial charge in [-0.25, -0.2) is 4.98 Å². The maximum atomic E-state index is 12.4. The predicted molar refractivity (Wildman–Crippen MR) is 85.6 cm³/mol. The molecule has 22 heavy (non-hydrogen) atoms. The van der Waals surface area contributed by atoms with E-state index >= 15 is 0 Å². The lowest BCUT2D eigenvalue weighted by atomic mass is 10.1. The summed E-state index contributed by atoms with van der Waals surface area (Å²) in [4.78, 5) is 32.1. The van der Waals surface area contributed by atoms with E-state index in [1.165, 1.54) is 10.9 Å². The zero-order valence-corrected chi connectivity index (χ0v) is 12.9. The summed E-state index contributed by atoms with van der Waals surface area (Å²) in [5.41, 5.74) is 2.59. The number of rotatable bonds is 3. The Kier molecular flexibility index (Phi) is 3.58. The van der Waals surface area contributed by atoms with Gasteiger partial charge in [0.25, 0.3) is 5.56 Å². The van der Waals surface area contributed by atoms with Crippen molar-refractivity contribution in [3.05, 3.63) is 62.9 Å². The standard InChI is InChI=1S/C16H14ClN3O2/c1-9-5-12(10(2)19-9)15(21)7-20-8-18-14-4-3-11(17)6-13(14)16(20)22/h3-6,8,19H,7H2,1-2H3. The van der Waals surface area contributed by atoms with Gasteiger partial charge in [0.15, 0.2) is 5.78 Å². The van der Waals surface area contributed by atoms with Gasteiger partial charge in [0.1, 0.15) is 0 Å². The number of halogens is 1. The summed E-state index contributed by atoms with van der Waals surface area (Å²) in [7, 11) is 0. The van der Waals surface area contributed by atoms with Crippen LogP contribution in [0.15, 0.2) is 35.4 Å². The molecule has 0 aliphatic rings. The second-order valence-electron chi connectivity index (χ2n) is 5.25. The van der Waals surface area contributed by atoms with Gasteiger partial charge in [-0.2, -0.15) is 0 Å². The average Bonchev–Trinajstić information content (AvgIpc) is 2.81. The van der Waals surface area contributed by atoms with E-state index in [0.29, 0.717) is 21.5 Å². The Morgan fingerprint density at radius 1 is 1.32 bits per heavy atom. The third-order valence-electron chi connectivity index (χ3n) is 3.55. The molecule has 0 atom stereocenters. The van der Waals surface area contributed by atoms with Gasteiger partial charge in [-0.15, -0.1) is 0 Å². The van der Waals surface area contributed by atoms with Crippen molar-refractivity contribution in [2.45, 2.75) is 20.4 Å². The largest absolute Gasteiger partial charge is 0.362 e.